The summed E-state index contributed by atoms with van der Waals surface area (Å²) in [6, 6.07) is 0. The van der Waals surface area contributed by atoms with Gasteiger partial charge in [-0.2, -0.15) is 21.6 Å². The molecular formula is C16H33F3O5SSiSn. The molecule has 162 valence electrons. The molecule has 0 aliphatic carbocycles. The van der Waals surface area contributed by atoms with E-state index in [1.54, 1.807) is 6.08 Å². The zero-order valence-corrected chi connectivity index (χ0v) is 21.9. The topological polar surface area (TPSA) is 83.8 Å². The van der Waals surface area contributed by atoms with Crippen LogP contribution >= 0.6 is 0 Å². The Morgan fingerprint density at radius 3 is 1.52 bits per heavy atom. The van der Waals surface area contributed by atoms with Crippen molar-refractivity contribution in [2.45, 2.75) is 77.5 Å². The second kappa shape index (κ2) is 12.7. The Bertz CT molecular complexity index is 527. The average Bonchev–Trinajstić information content (AvgIpc) is 2.44. The molecule has 0 aromatic heterocycles. The Morgan fingerprint density at radius 1 is 1.04 bits per heavy atom. The van der Waals surface area contributed by atoms with E-state index in [1.807, 2.05) is 13.8 Å². The third-order valence-corrected chi connectivity index (χ3v) is 11.0. The van der Waals surface area contributed by atoms with Gasteiger partial charge >= 0.3 is 15.6 Å². The maximum atomic E-state index is 10.7. The van der Waals surface area contributed by atoms with Crippen LogP contribution in [-0.2, 0) is 14.5 Å². The van der Waals surface area contributed by atoms with Crippen LogP contribution in [0.15, 0.2) is 11.8 Å². The van der Waals surface area contributed by atoms with E-state index >= 15 is 0 Å². The number of alkyl halides is 3. The van der Waals surface area contributed by atoms with Crippen LogP contribution in [-0.4, -0.2) is 62.4 Å². The van der Waals surface area contributed by atoms with Crippen molar-refractivity contribution in [3.63, 3.8) is 0 Å². The maximum Gasteiger partial charge on any atom is 0.522 e. The van der Waals surface area contributed by atoms with Crippen molar-refractivity contribution in [2.24, 2.45) is 5.92 Å². The standard InChI is InChI=1S/C15H32O2Si.CHF3O3S.Sn/c1-9-15(16)14(8)10-17-18(11(2)3,12(4)5)13(6)7;2-1(3,4)8(5,6)7;/h9,11-14,16H,10H2,1-8H3;(H,5,6,7);/b15-9+;;/t14-;;/m1../s1. The maximum absolute atomic E-state index is 10.7. The summed E-state index contributed by atoms with van der Waals surface area (Å²) >= 11 is 0. The molecule has 2 N–H and O–H groups in total. The van der Waals surface area contributed by atoms with Gasteiger partial charge in [-0.25, -0.2) is 0 Å². The van der Waals surface area contributed by atoms with Crippen LogP contribution in [0.4, 0.5) is 13.2 Å². The number of hydrogen-bond acceptors (Lipinski definition) is 4. The van der Waals surface area contributed by atoms with Crippen molar-refractivity contribution in [3.05, 3.63) is 11.8 Å². The molecule has 11 heteroatoms. The monoisotopic (exact) mass is 542 g/mol. The largest absolute Gasteiger partial charge is 0.522 e. The zero-order valence-electron chi connectivity index (χ0n) is 17.3. The van der Waals surface area contributed by atoms with Gasteiger partial charge in [-0.3, -0.25) is 4.55 Å². The van der Waals surface area contributed by atoms with Gasteiger partial charge in [-0.15, -0.1) is 0 Å². The predicted octanol–water partition coefficient (Wildman–Crippen LogP) is 5.29. The SMILES string of the molecule is C/C=C(/O)[C@H](C)CO[Si](C(C)C)(C(C)C)C(C)C.O=S(=O)(O)C(F)(F)F.[Sn]. The summed E-state index contributed by atoms with van der Waals surface area (Å²) < 4.78 is 64.0. The van der Waals surface area contributed by atoms with Crippen LogP contribution in [0, 0.1) is 5.92 Å². The molecule has 0 aliphatic rings. The van der Waals surface area contributed by atoms with Crippen molar-refractivity contribution in [1.29, 1.82) is 0 Å². The Morgan fingerprint density at radius 2 is 1.33 bits per heavy atom. The molecule has 0 saturated carbocycles. The van der Waals surface area contributed by atoms with E-state index in [0.29, 0.717) is 29.0 Å². The molecule has 0 aromatic carbocycles. The summed E-state index contributed by atoms with van der Waals surface area (Å²) in [4.78, 5) is 0. The molecule has 0 unspecified atom stereocenters. The van der Waals surface area contributed by atoms with Crippen molar-refractivity contribution < 1.29 is 35.7 Å². The Kier molecular flexibility index (Phi) is 15.0. The molecule has 5 nitrogen and oxygen atoms in total. The van der Waals surface area contributed by atoms with Crippen LogP contribution < -0.4 is 0 Å². The van der Waals surface area contributed by atoms with Crippen molar-refractivity contribution in [3.8, 4) is 0 Å². The number of halogens is 3. The van der Waals surface area contributed by atoms with E-state index in [9.17, 15) is 18.3 Å². The fraction of sp³-hybridized carbons (Fsp3) is 0.875. The summed E-state index contributed by atoms with van der Waals surface area (Å²) in [7, 11) is -7.63. The Balaban J connectivity index is -0.000000542. The van der Waals surface area contributed by atoms with Crippen molar-refractivity contribution in [2.75, 3.05) is 6.61 Å². The van der Waals surface area contributed by atoms with Gasteiger partial charge in [0.1, 0.15) is 0 Å². The molecule has 0 aliphatic heterocycles. The molecule has 0 fully saturated rings. The Labute approximate surface area is 179 Å². The minimum atomic E-state index is -5.84. The van der Waals surface area contributed by atoms with E-state index in [0.717, 1.165) is 0 Å². The first-order valence-corrected chi connectivity index (χ1v) is 12.1. The van der Waals surface area contributed by atoms with Crippen LogP contribution in [0.1, 0.15) is 55.4 Å². The summed E-state index contributed by atoms with van der Waals surface area (Å²) in [5, 5.41) is 9.74. The number of aliphatic hydroxyl groups is 1. The summed E-state index contributed by atoms with van der Waals surface area (Å²) in [6.07, 6.45) is 1.76. The van der Waals surface area contributed by atoms with Crippen LogP contribution in [0.3, 0.4) is 0 Å². The van der Waals surface area contributed by atoms with Gasteiger partial charge < -0.3 is 9.53 Å². The fourth-order valence-electron chi connectivity index (χ4n) is 3.14. The van der Waals surface area contributed by atoms with E-state index in [2.05, 4.69) is 41.5 Å². The number of hydrogen-bond donors (Lipinski definition) is 2. The molecule has 0 saturated heterocycles. The normalized spacial score (nSPS) is 14.7. The minimum absolute atomic E-state index is 0. The fourth-order valence-corrected chi connectivity index (χ4v) is 8.68. The van der Waals surface area contributed by atoms with Crippen LogP contribution in [0.2, 0.25) is 16.6 Å². The van der Waals surface area contributed by atoms with Gasteiger partial charge in [0.05, 0.1) is 5.76 Å². The van der Waals surface area contributed by atoms with Gasteiger partial charge in [0.15, 0.2) is 8.32 Å². The molecule has 0 bridgehead atoms. The van der Waals surface area contributed by atoms with Crippen molar-refractivity contribution >= 4 is 42.3 Å². The van der Waals surface area contributed by atoms with Gasteiger partial charge in [0.2, 0.25) is 0 Å². The van der Waals surface area contributed by atoms with E-state index in [1.165, 1.54) is 0 Å². The number of rotatable bonds is 7. The molecule has 0 spiro atoms. The molecule has 27 heavy (non-hydrogen) atoms. The second-order valence-electron chi connectivity index (χ2n) is 7.16. The molecule has 0 aromatic rings. The molecule has 0 amide bonds. The van der Waals surface area contributed by atoms with E-state index < -0.39 is 23.9 Å². The first-order chi connectivity index (χ1) is 11.4. The quantitative estimate of drug-likeness (QED) is 0.198. The first-order valence-electron chi connectivity index (χ1n) is 8.47. The number of aliphatic hydroxyl groups excluding tert-OH is 1. The summed E-state index contributed by atoms with van der Waals surface area (Å²) in [5.41, 5.74) is -3.75. The zero-order chi connectivity index (χ0) is 21.5. The average molecular weight is 541 g/mol. The van der Waals surface area contributed by atoms with Gasteiger partial charge in [-0.05, 0) is 29.6 Å². The minimum Gasteiger partial charge on any atom is -0.512 e. The number of allylic oxidation sites excluding steroid dienone is 1. The van der Waals surface area contributed by atoms with Gasteiger partial charge in [0.25, 0.3) is 0 Å². The molecule has 0 rings (SSSR count). The third kappa shape index (κ3) is 10.00. The van der Waals surface area contributed by atoms with Crippen molar-refractivity contribution in [1.82, 2.24) is 0 Å². The second-order valence-corrected chi connectivity index (χ2v) is 14.0. The van der Waals surface area contributed by atoms with Crippen LogP contribution in [0.25, 0.3) is 0 Å². The molecule has 0 heterocycles. The van der Waals surface area contributed by atoms with E-state index in [-0.39, 0.29) is 29.8 Å². The molecule has 4 radical (unpaired) electrons. The third-order valence-electron chi connectivity index (χ3n) is 4.38. The molecule has 1 atom stereocenters. The van der Waals surface area contributed by atoms with E-state index in [4.69, 9.17) is 17.4 Å². The smallest absolute Gasteiger partial charge is 0.512 e. The van der Waals surface area contributed by atoms with Crippen LogP contribution in [0.5, 0.6) is 0 Å². The Hall–Kier alpha value is 0.216. The summed E-state index contributed by atoms with van der Waals surface area (Å²) in [6.45, 7) is 18.2. The summed E-state index contributed by atoms with van der Waals surface area (Å²) in [5.74, 6) is 0.535. The van der Waals surface area contributed by atoms with Gasteiger partial charge in [-0.1, -0.05) is 48.5 Å². The van der Waals surface area contributed by atoms with Gasteiger partial charge in [0, 0.05) is 36.4 Å². The predicted molar refractivity (Wildman–Crippen MR) is 106 cm³/mol. The molecular weight excluding hydrogens is 508 g/mol. The first kappa shape index (κ1) is 31.9.